The quantitative estimate of drug-likeness (QED) is 0.709. The Labute approximate surface area is 79.1 Å². The van der Waals surface area contributed by atoms with Gasteiger partial charge < -0.3 is 15.3 Å². The van der Waals surface area contributed by atoms with Crippen LogP contribution in [0.1, 0.15) is 26.7 Å². The first kappa shape index (κ1) is 10.5. The van der Waals surface area contributed by atoms with Crippen LogP contribution < -0.4 is 5.73 Å². The fourth-order valence-electron chi connectivity index (χ4n) is 1.28. The maximum absolute atomic E-state index is 5.46. The number of hydrogen-bond acceptors (Lipinski definition) is 4. The Balaban J connectivity index is 2.40. The molecule has 1 unspecified atom stereocenters. The molecular formula is C9H18N2O2. The average molecular weight is 186 g/mol. The maximum atomic E-state index is 5.46. The standard InChI is InChI=1S/C9H18N2O2/c1-9(2,12-3)5-7-4-8(6-10)13-11-7/h8H,4-6,10H2,1-3H3. The lowest BCUT2D eigenvalue weighted by molar-refractivity contribution is 0.0288. The molecule has 0 aliphatic carbocycles. The van der Waals surface area contributed by atoms with Crippen molar-refractivity contribution in [1.82, 2.24) is 0 Å². The number of nitrogens with zero attached hydrogens (tertiary/aromatic N) is 1. The molecule has 2 N–H and O–H groups in total. The van der Waals surface area contributed by atoms with E-state index in [2.05, 4.69) is 5.16 Å². The van der Waals surface area contributed by atoms with Gasteiger partial charge in [-0.3, -0.25) is 0 Å². The molecule has 0 saturated carbocycles. The summed E-state index contributed by atoms with van der Waals surface area (Å²) >= 11 is 0. The van der Waals surface area contributed by atoms with E-state index in [4.69, 9.17) is 15.3 Å². The minimum absolute atomic E-state index is 0.0719. The number of methoxy groups -OCH3 is 1. The van der Waals surface area contributed by atoms with Crippen molar-refractivity contribution in [2.75, 3.05) is 13.7 Å². The van der Waals surface area contributed by atoms with Crippen molar-refractivity contribution in [3.8, 4) is 0 Å². The molecule has 0 saturated heterocycles. The van der Waals surface area contributed by atoms with Gasteiger partial charge in [0, 0.05) is 26.5 Å². The zero-order valence-corrected chi connectivity index (χ0v) is 8.54. The van der Waals surface area contributed by atoms with E-state index in [0.717, 1.165) is 18.6 Å². The van der Waals surface area contributed by atoms with Crippen molar-refractivity contribution in [3.05, 3.63) is 0 Å². The third-order valence-corrected chi connectivity index (χ3v) is 2.24. The van der Waals surface area contributed by atoms with Crippen molar-refractivity contribution in [1.29, 1.82) is 0 Å². The van der Waals surface area contributed by atoms with Gasteiger partial charge in [0.1, 0.15) is 6.10 Å². The zero-order valence-electron chi connectivity index (χ0n) is 8.54. The van der Waals surface area contributed by atoms with E-state index >= 15 is 0 Å². The summed E-state index contributed by atoms with van der Waals surface area (Å²) < 4.78 is 5.30. The van der Waals surface area contributed by atoms with Gasteiger partial charge >= 0.3 is 0 Å². The van der Waals surface area contributed by atoms with Crippen LogP contribution in [0.2, 0.25) is 0 Å². The second-order valence-electron chi connectivity index (χ2n) is 3.97. The van der Waals surface area contributed by atoms with E-state index in [-0.39, 0.29) is 11.7 Å². The van der Waals surface area contributed by atoms with Crippen molar-refractivity contribution in [2.45, 2.75) is 38.4 Å². The Morgan fingerprint density at radius 2 is 2.38 bits per heavy atom. The summed E-state index contributed by atoms with van der Waals surface area (Å²) in [5.41, 5.74) is 6.35. The molecule has 1 heterocycles. The third-order valence-electron chi connectivity index (χ3n) is 2.24. The summed E-state index contributed by atoms with van der Waals surface area (Å²) in [7, 11) is 1.71. The van der Waals surface area contributed by atoms with Crippen LogP contribution >= 0.6 is 0 Å². The number of oxime groups is 1. The van der Waals surface area contributed by atoms with Crippen molar-refractivity contribution in [3.63, 3.8) is 0 Å². The molecule has 1 rings (SSSR count). The van der Waals surface area contributed by atoms with Gasteiger partial charge in [0.2, 0.25) is 0 Å². The predicted molar refractivity (Wildman–Crippen MR) is 51.7 cm³/mol. The lowest BCUT2D eigenvalue weighted by Gasteiger charge is -2.21. The molecule has 0 fully saturated rings. The number of nitrogens with two attached hydrogens (primary N) is 1. The first-order chi connectivity index (χ1) is 6.07. The van der Waals surface area contributed by atoms with Crippen LogP contribution in [-0.4, -0.2) is 31.1 Å². The number of hydrogen-bond donors (Lipinski definition) is 1. The van der Waals surface area contributed by atoms with Crippen molar-refractivity contribution in [2.24, 2.45) is 10.9 Å². The van der Waals surface area contributed by atoms with E-state index in [1.807, 2.05) is 13.8 Å². The van der Waals surface area contributed by atoms with E-state index in [1.165, 1.54) is 0 Å². The molecule has 1 aliphatic rings. The lowest BCUT2D eigenvalue weighted by atomic mass is 9.98. The van der Waals surface area contributed by atoms with Crippen LogP contribution in [0.15, 0.2) is 5.16 Å². The van der Waals surface area contributed by atoms with Crippen LogP contribution in [0, 0.1) is 0 Å². The summed E-state index contributed by atoms with van der Waals surface area (Å²) in [6, 6.07) is 0. The molecule has 0 aromatic heterocycles. The fraction of sp³-hybridized carbons (Fsp3) is 0.889. The molecule has 1 atom stereocenters. The predicted octanol–water partition coefficient (Wildman–Crippen LogP) is 0.905. The van der Waals surface area contributed by atoms with Gasteiger partial charge in [-0.1, -0.05) is 5.16 Å². The molecule has 13 heavy (non-hydrogen) atoms. The zero-order chi connectivity index (χ0) is 9.90. The summed E-state index contributed by atoms with van der Waals surface area (Å²) in [6.45, 7) is 4.59. The van der Waals surface area contributed by atoms with Gasteiger partial charge in [-0.05, 0) is 13.8 Å². The van der Waals surface area contributed by atoms with E-state index < -0.39 is 0 Å². The second-order valence-corrected chi connectivity index (χ2v) is 3.97. The molecule has 1 aliphatic heterocycles. The van der Waals surface area contributed by atoms with Gasteiger partial charge in [0.05, 0.1) is 11.3 Å². The molecule has 0 aromatic rings. The summed E-state index contributed by atoms with van der Waals surface area (Å²) in [4.78, 5) is 5.11. The molecule has 4 nitrogen and oxygen atoms in total. The summed E-state index contributed by atoms with van der Waals surface area (Å²) in [5.74, 6) is 0. The number of rotatable bonds is 4. The minimum Gasteiger partial charge on any atom is -0.391 e. The molecular weight excluding hydrogens is 168 g/mol. The topological polar surface area (TPSA) is 56.8 Å². The fourth-order valence-corrected chi connectivity index (χ4v) is 1.28. The smallest absolute Gasteiger partial charge is 0.145 e. The highest BCUT2D eigenvalue weighted by Crippen LogP contribution is 2.20. The maximum Gasteiger partial charge on any atom is 0.145 e. The lowest BCUT2D eigenvalue weighted by Crippen LogP contribution is -2.27. The van der Waals surface area contributed by atoms with Gasteiger partial charge in [0.25, 0.3) is 0 Å². The van der Waals surface area contributed by atoms with Crippen molar-refractivity contribution >= 4 is 5.71 Å². The van der Waals surface area contributed by atoms with Gasteiger partial charge in [-0.25, -0.2) is 0 Å². The molecule has 4 heteroatoms. The van der Waals surface area contributed by atoms with Crippen LogP contribution in [-0.2, 0) is 9.57 Å². The highest BCUT2D eigenvalue weighted by Gasteiger charge is 2.26. The normalized spacial score (nSPS) is 22.8. The first-order valence-electron chi connectivity index (χ1n) is 4.54. The van der Waals surface area contributed by atoms with Crippen LogP contribution in [0.3, 0.4) is 0 Å². The molecule has 0 spiro atoms. The second kappa shape index (κ2) is 4.07. The molecule has 0 bridgehead atoms. The van der Waals surface area contributed by atoms with Gasteiger partial charge in [-0.15, -0.1) is 0 Å². The third kappa shape index (κ3) is 2.97. The molecule has 0 radical (unpaired) electrons. The Bertz CT molecular complexity index is 202. The van der Waals surface area contributed by atoms with E-state index in [1.54, 1.807) is 7.11 Å². The number of ether oxygens (including phenoxy) is 1. The first-order valence-corrected chi connectivity index (χ1v) is 4.54. The highest BCUT2D eigenvalue weighted by molar-refractivity contribution is 5.86. The Morgan fingerprint density at radius 3 is 2.85 bits per heavy atom. The van der Waals surface area contributed by atoms with Crippen LogP contribution in [0.4, 0.5) is 0 Å². The average Bonchev–Trinajstić information content (AvgIpc) is 2.52. The monoisotopic (exact) mass is 186 g/mol. The van der Waals surface area contributed by atoms with Gasteiger partial charge in [0.15, 0.2) is 0 Å². The SMILES string of the molecule is COC(C)(C)CC1=NOC(CN)C1. The van der Waals surface area contributed by atoms with E-state index in [9.17, 15) is 0 Å². The molecule has 0 amide bonds. The van der Waals surface area contributed by atoms with Crippen LogP contribution in [0.5, 0.6) is 0 Å². The minimum atomic E-state index is -0.161. The van der Waals surface area contributed by atoms with Gasteiger partial charge in [-0.2, -0.15) is 0 Å². The van der Waals surface area contributed by atoms with Crippen molar-refractivity contribution < 1.29 is 9.57 Å². The summed E-state index contributed by atoms with van der Waals surface area (Å²) in [6.07, 6.45) is 1.71. The summed E-state index contributed by atoms with van der Waals surface area (Å²) in [5, 5.41) is 3.98. The van der Waals surface area contributed by atoms with E-state index in [0.29, 0.717) is 6.54 Å². The Morgan fingerprint density at radius 1 is 1.69 bits per heavy atom. The highest BCUT2D eigenvalue weighted by atomic mass is 16.6. The Kier molecular flexibility index (Phi) is 3.27. The molecule has 0 aromatic carbocycles. The Hall–Kier alpha value is -0.610. The molecule has 76 valence electrons. The van der Waals surface area contributed by atoms with Crippen LogP contribution in [0.25, 0.3) is 0 Å². The largest absolute Gasteiger partial charge is 0.391 e.